The standard InChI is InChI=1S/C11H7F3IN3O/c12-11(13,14)19-9-3-1-2-8(4-9)18-10-16-5-7(15)6-17-10/h1-6H,(H,16,17,18). The lowest BCUT2D eigenvalue weighted by atomic mass is 10.3. The number of hydrogen-bond acceptors (Lipinski definition) is 4. The van der Waals surface area contributed by atoms with E-state index in [4.69, 9.17) is 0 Å². The Morgan fingerprint density at radius 2 is 1.84 bits per heavy atom. The van der Waals surface area contributed by atoms with Gasteiger partial charge in [-0.1, -0.05) is 6.07 Å². The summed E-state index contributed by atoms with van der Waals surface area (Å²) in [6, 6.07) is 5.46. The summed E-state index contributed by atoms with van der Waals surface area (Å²) in [5.74, 6) is -0.00686. The van der Waals surface area contributed by atoms with Gasteiger partial charge in [0, 0.05) is 27.7 Å². The minimum absolute atomic E-state index is 0.296. The van der Waals surface area contributed by atoms with Crippen molar-refractivity contribution in [2.75, 3.05) is 5.32 Å². The number of nitrogens with one attached hydrogen (secondary N) is 1. The Morgan fingerprint density at radius 1 is 1.16 bits per heavy atom. The highest BCUT2D eigenvalue weighted by molar-refractivity contribution is 14.1. The molecule has 1 N–H and O–H groups in total. The molecule has 4 nitrogen and oxygen atoms in total. The van der Waals surface area contributed by atoms with Gasteiger partial charge in [0.15, 0.2) is 0 Å². The Kier molecular flexibility index (Phi) is 4.08. The first-order valence-corrected chi connectivity index (χ1v) is 6.11. The summed E-state index contributed by atoms with van der Waals surface area (Å²) >= 11 is 2.05. The number of nitrogens with zero attached hydrogens (tertiary/aromatic N) is 2. The predicted molar refractivity (Wildman–Crippen MR) is 71.2 cm³/mol. The molecule has 0 bridgehead atoms. The summed E-state index contributed by atoms with van der Waals surface area (Å²) < 4.78 is 40.9. The van der Waals surface area contributed by atoms with Gasteiger partial charge in [0.05, 0.1) is 0 Å². The number of hydrogen-bond donors (Lipinski definition) is 1. The number of halogens is 4. The summed E-state index contributed by atoms with van der Waals surface area (Å²) in [5, 5.41) is 2.78. The van der Waals surface area contributed by atoms with E-state index in [2.05, 4.69) is 20.0 Å². The third-order valence-electron chi connectivity index (χ3n) is 1.94. The van der Waals surface area contributed by atoms with Gasteiger partial charge in [-0.3, -0.25) is 0 Å². The van der Waals surface area contributed by atoms with E-state index < -0.39 is 6.36 Å². The van der Waals surface area contributed by atoms with E-state index in [1.54, 1.807) is 18.5 Å². The van der Waals surface area contributed by atoms with Crippen LogP contribution in [0, 0.1) is 3.57 Å². The van der Waals surface area contributed by atoms with Gasteiger partial charge in [-0.05, 0) is 34.7 Å². The van der Waals surface area contributed by atoms with Crippen molar-refractivity contribution in [2.45, 2.75) is 6.36 Å². The number of aromatic nitrogens is 2. The molecule has 0 fully saturated rings. The molecule has 100 valence electrons. The van der Waals surface area contributed by atoms with Crippen molar-refractivity contribution in [3.8, 4) is 5.75 Å². The van der Waals surface area contributed by atoms with Crippen molar-refractivity contribution >= 4 is 34.2 Å². The Labute approximate surface area is 120 Å². The van der Waals surface area contributed by atoms with E-state index in [9.17, 15) is 13.2 Å². The Balaban J connectivity index is 2.13. The van der Waals surface area contributed by atoms with Crippen LogP contribution < -0.4 is 10.1 Å². The first kappa shape index (κ1) is 13.8. The zero-order valence-electron chi connectivity index (χ0n) is 9.28. The first-order valence-electron chi connectivity index (χ1n) is 5.03. The number of rotatable bonds is 3. The molecule has 8 heteroatoms. The number of ether oxygens (including phenoxy) is 1. The molecule has 1 aromatic carbocycles. The van der Waals surface area contributed by atoms with Gasteiger partial charge >= 0.3 is 6.36 Å². The molecule has 0 aliphatic carbocycles. The van der Waals surface area contributed by atoms with Crippen molar-refractivity contribution in [3.63, 3.8) is 0 Å². The third kappa shape index (κ3) is 4.54. The van der Waals surface area contributed by atoms with E-state index in [0.29, 0.717) is 11.6 Å². The van der Waals surface area contributed by atoms with Crippen molar-refractivity contribution < 1.29 is 17.9 Å². The highest BCUT2D eigenvalue weighted by atomic mass is 127. The molecule has 2 rings (SSSR count). The molecule has 0 amide bonds. The number of anilines is 2. The Morgan fingerprint density at radius 3 is 2.47 bits per heavy atom. The van der Waals surface area contributed by atoms with Crippen molar-refractivity contribution in [1.29, 1.82) is 0 Å². The second-order valence-corrected chi connectivity index (χ2v) is 4.67. The highest BCUT2D eigenvalue weighted by Crippen LogP contribution is 2.25. The van der Waals surface area contributed by atoms with E-state index in [1.165, 1.54) is 18.2 Å². The maximum Gasteiger partial charge on any atom is 0.573 e. The second-order valence-electron chi connectivity index (χ2n) is 3.43. The van der Waals surface area contributed by atoms with Crippen LogP contribution in [0.15, 0.2) is 36.7 Å². The zero-order chi connectivity index (χ0) is 13.9. The van der Waals surface area contributed by atoms with E-state index in [0.717, 1.165) is 3.57 Å². The van der Waals surface area contributed by atoms with Crippen LogP contribution in [0.3, 0.4) is 0 Å². The van der Waals surface area contributed by atoms with Crippen molar-refractivity contribution in [1.82, 2.24) is 9.97 Å². The smallest absolute Gasteiger partial charge is 0.406 e. The summed E-state index contributed by atoms with van der Waals surface area (Å²) in [6.45, 7) is 0. The normalized spacial score (nSPS) is 11.2. The Hall–Kier alpha value is -1.58. The highest BCUT2D eigenvalue weighted by Gasteiger charge is 2.31. The molecule has 0 spiro atoms. The lowest BCUT2D eigenvalue weighted by molar-refractivity contribution is -0.274. The lowest BCUT2D eigenvalue weighted by Gasteiger charge is -2.10. The van der Waals surface area contributed by atoms with Gasteiger partial charge in [-0.15, -0.1) is 13.2 Å². The minimum Gasteiger partial charge on any atom is -0.406 e. The summed E-state index contributed by atoms with van der Waals surface area (Å²) in [7, 11) is 0. The minimum atomic E-state index is -4.71. The SMILES string of the molecule is FC(F)(F)Oc1cccc(Nc2ncc(I)cn2)c1. The van der Waals surface area contributed by atoms with Crippen LogP contribution >= 0.6 is 22.6 Å². The number of benzene rings is 1. The maximum absolute atomic E-state index is 12.1. The van der Waals surface area contributed by atoms with Gasteiger partial charge in [0.2, 0.25) is 5.95 Å². The van der Waals surface area contributed by atoms with Crippen LogP contribution in [0.5, 0.6) is 5.75 Å². The molecule has 0 saturated carbocycles. The fourth-order valence-electron chi connectivity index (χ4n) is 1.28. The molecule has 0 atom stereocenters. The maximum atomic E-state index is 12.1. The topological polar surface area (TPSA) is 47.0 Å². The lowest BCUT2D eigenvalue weighted by Crippen LogP contribution is -2.17. The van der Waals surface area contributed by atoms with Crippen molar-refractivity contribution in [2.24, 2.45) is 0 Å². The van der Waals surface area contributed by atoms with E-state index in [-0.39, 0.29) is 5.75 Å². The summed E-state index contributed by atoms with van der Waals surface area (Å²) in [4.78, 5) is 7.97. The average molecular weight is 381 g/mol. The molecule has 1 heterocycles. The Bertz CT molecular complexity index is 560. The quantitative estimate of drug-likeness (QED) is 0.824. The number of alkyl halides is 3. The van der Waals surface area contributed by atoms with Crippen LogP contribution in [-0.2, 0) is 0 Å². The molecular formula is C11H7F3IN3O. The van der Waals surface area contributed by atoms with Crippen LogP contribution in [0.2, 0.25) is 0 Å². The largest absolute Gasteiger partial charge is 0.573 e. The third-order valence-corrected chi connectivity index (χ3v) is 2.50. The molecule has 1 aromatic heterocycles. The van der Waals surface area contributed by atoms with E-state index >= 15 is 0 Å². The van der Waals surface area contributed by atoms with Gasteiger partial charge in [0.25, 0.3) is 0 Å². The molecule has 0 unspecified atom stereocenters. The van der Waals surface area contributed by atoms with Gasteiger partial charge in [0.1, 0.15) is 5.75 Å². The average Bonchev–Trinajstić information content (AvgIpc) is 2.30. The zero-order valence-corrected chi connectivity index (χ0v) is 11.4. The summed E-state index contributed by atoms with van der Waals surface area (Å²) in [5.41, 5.74) is 0.406. The second kappa shape index (κ2) is 5.59. The fraction of sp³-hybridized carbons (Fsp3) is 0.0909. The molecule has 0 aliphatic heterocycles. The van der Waals surface area contributed by atoms with Crippen LogP contribution in [0.4, 0.5) is 24.8 Å². The predicted octanol–water partition coefficient (Wildman–Crippen LogP) is 3.72. The molecule has 0 radical (unpaired) electrons. The monoisotopic (exact) mass is 381 g/mol. The fourth-order valence-corrected chi connectivity index (χ4v) is 1.56. The van der Waals surface area contributed by atoms with E-state index in [1.807, 2.05) is 22.6 Å². The molecule has 0 saturated heterocycles. The molecule has 2 aromatic rings. The van der Waals surface area contributed by atoms with Gasteiger partial charge in [-0.25, -0.2) is 9.97 Å². The van der Waals surface area contributed by atoms with Crippen LogP contribution in [0.25, 0.3) is 0 Å². The first-order chi connectivity index (χ1) is 8.92. The van der Waals surface area contributed by atoms with Gasteiger partial charge in [-0.2, -0.15) is 0 Å². The van der Waals surface area contributed by atoms with Gasteiger partial charge < -0.3 is 10.1 Å². The molecule has 19 heavy (non-hydrogen) atoms. The van der Waals surface area contributed by atoms with Crippen LogP contribution in [-0.4, -0.2) is 16.3 Å². The molecular weight excluding hydrogens is 374 g/mol. The molecule has 0 aliphatic rings. The van der Waals surface area contributed by atoms with Crippen molar-refractivity contribution in [3.05, 3.63) is 40.2 Å². The van der Waals surface area contributed by atoms with Crippen LogP contribution in [0.1, 0.15) is 0 Å². The summed E-state index contributed by atoms with van der Waals surface area (Å²) in [6.07, 6.45) is -1.53.